The normalized spacial score (nSPS) is 15.4. The number of halogens is 5. The van der Waals surface area contributed by atoms with Crippen molar-refractivity contribution in [3.05, 3.63) is 0 Å². The molecule has 0 saturated carbocycles. The van der Waals surface area contributed by atoms with Crippen LogP contribution in [-0.2, 0) is 4.74 Å². The zero-order chi connectivity index (χ0) is 12.1. The first-order valence-corrected chi connectivity index (χ1v) is 3.95. The Bertz CT molecular complexity index is 187. The van der Waals surface area contributed by atoms with Gasteiger partial charge < -0.3 is 14.9 Å². The number of ether oxygens (including phenoxy) is 1. The van der Waals surface area contributed by atoms with Crippen LogP contribution in [0.2, 0.25) is 0 Å². The van der Waals surface area contributed by atoms with Gasteiger partial charge in [0.05, 0.1) is 13.2 Å². The fraction of sp³-hybridized carbons (Fsp3) is 1.00. The second-order valence-electron chi connectivity index (χ2n) is 2.89. The summed E-state index contributed by atoms with van der Waals surface area (Å²) in [7, 11) is 0. The Morgan fingerprint density at radius 1 is 1.13 bits per heavy atom. The molecule has 0 aromatic rings. The molecule has 0 rings (SSSR count). The smallest absolute Gasteiger partial charge is 0.340 e. The average molecular weight is 238 g/mol. The largest absolute Gasteiger partial charge is 0.394 e. The summed E-state index contributed by atoms with van der Waals surface area (Å²) < 4.78 is 65.0. The minimum atomic E-state index is -4.79. The molecule has 8 heteroatoms. The first-order chi connectivity index (χ1) is 6.77. The highest BCUT2D eigenvalue weighted by Gasteiger charge is 2.56. The summed E-state index contributed by atoms with van der Waals surface area (Å²) in [4.78, 5) is 0. The van der Waals surface area contributed by atoms with Crippen molar-refractivity contribution >= 4 is 0 Å². The third kappa shape index (κ3) is 4.27. The van der Waals surface area contributed by atoms with Gasteiger partial charge in [-0.2, -0.15) is 17.6 Å². The molecular weight excluding hydrogens is 227 g/mol. The highest BCUT2D eigenvalue weighted by atomic mass is 19.3. The first kappa shape index (κ1) is 14.5. The molecule has 0 aliphatic rings. The molecule has 3 nitrogen and oxygen atoms in total. The molecule has 1 atom stereocenters. The van der Waals surface area contributed by atoms with Crippen molar-refractivity contribution < 1.29 is 36.9 Å². The van der Waals surface area contributed by atoms with E-state index in [0.29, 0.717) is 0 Å². The van der Waals surface area contributed by atoms with E-state index in [0.717, 1.165) is 0 Å². The van der Waals surface area contributed by atoms with Gasteiger partial charge >= 0.3 is 11.8 Å². The molecule has 0 aliphatic heterocycles. The van der Waals surface area contributed by atoms with Crippen molar-refractivity contribution in [3.8, 4) is 0 Å². The maximum absolute atomic E-state index is 12.5. The van der Waals surface area contributed by atoms with Crippen molar-refractivity contribution in [1.82, 2.24) is 0 Å². The van der Waals surface area contributed by atoms with Crippen LogP contribution in [0.1, 0.15) is 0 Å². The first-order valence-electron chi connectivity index (χ1n) is 3.95. The van der Waals surface area contributed by atoms with Crippen LogP contribution in [0.25, 0.3) is 0 Å². The molecule has 0 heterocycles. The lowest BCUT2D eigenvalue weighted by molar-refractivity contribution is -0.239. The van der Waals surface area contributed by atoms with Crippen molar-refractivity contribution in [3.63, 3.8) is 0 Å². The van der Waals surface area contributed by atoms with Gasteiger partial charge in [0.15, 0.2) is 6.67 Å². The van der Waals surface area contributed by atoms with E-state index in [-0.39, 0.29) is 0 Å². The van der Waals surface area contributed by atoms with Crippen LogP contribution in [0.15, 0.2) is 0 Å². The van der Waals surface area contributed by atoms with E-state index >= 15 is 0 Å². The van der Waals surface area contributed by atoms with Crippen LogP contribution in [0.3, 0.4) is 0 Å². The zero-order valence-electron chi connectivity index (χ0n) is 7.60. The number of hydrogen-bond donors (Lipinski definition) is 2. The number of alkyl halides is 5. The van der Waals surface area contributed by atoms with E-state index in [1.54, 1.807) is 0 Å². The van der Waals surface area contributed by atoms with Crippen molar-refractivity contribution in [2.45, 2.75) is 17.9 Å². The number of aliphatic hydroxyl groups excluding tert-OH is 2. The lowest BCUT2D eigenvalue weighted by Crippen LogP contribution is -2.46. The summed E-state index contributed by atoms with van der Waals surface area (Å²) in [5.74, 6) is -9.44. The fourth-order valence-electron chi connectivity index (χ4n) is 0.579. The molecule has 0 aromatic carbocycles. The standard InChI is InChI=1S/C7H11F5O3/c8-3-6(9,10)7(11,12)4-15-2-5(14)1-13/h5,13-14H,1-4H2. The van der Waals surface area contributed by atoms with Crippen molar-refractivity contribution in [2.24, 2.45) is 0 Å². The Labute approximate surface area is 82.5 Å². The number of aliphatic hydroxyl groups is 2. The summed E-state index contributed by atoms with van der Waals surface area (Å²) in [6, 6.07) is 0. The highest BCUT2D eigenvalue weighted by molar-refractivity contribution is 4.84. The van der Waals surface area contributed by atoms with Crippen LogP contribution >= 0.6 is 0 Å². The molecule has 0 amide bonds. The minimum Gasteiger partial charge on any atom is -0.394 e. The third-order valence-electron chi connectivity index (χ3n) is 1.51. The highest BCUT2D eigenvalue weighted by Crippen LogP contribution is 2.34. The topological polar surface area (TPSA) is 49.7 Å². The lowest BCUT2D eigenvalue weighted by atomic mass is 10.2. The Kier molecular flexibility index (Phi) is 5.39. The van der Waals surface area contributed by atoms with Gasteiger partial charge in [-0.1, -0.05) is 0 Å². The van der Waals surface area contributed by atoms with Crippen LogP contribution < -0.4 is 0 Å². The number of rotatable bonds is 7. The van der Waals surface area contributed by atoms with Gasteiger partial charge in [0.25, 0.3) is 0 Å². The minimum absolute atomic E-state index is 0.728. The summed E-state index contributed by atoms with van der Waals surface area (Å²) in [6.45, 7) is -5.69. The van der Waals surface area contributed by atoms with Crippen LogP contribution in [-0.4, -0.2) is 54.7 Å². The van der Waals surface area contributed by atoms with Gasteiger partial charge in [-0.3, -0.25) is 0 Å². The fourth-order valence-corrected chi connectivity index (χ4v) is 0.579. The predicted molar refractivity (Wildman–Crippen MR) is 39.8 cm³/mol. The second kappa shape index (κ2) is 5.57. The second-order valence-corrected chi connectivity index (χ2v) is 2.89. The summed E-state index contributed by atoms with van der Waals surface area (Å²) in [6.07, 6.45) is -1.43. The summed E-state index contributed by atoms with van der Waals surface area (Å²) >= 11 is 0. The monoisotopic (exact) mass is 238 g/mol. The van der Waals surface area contributed by atoms with Gasteiger partial charge in [0.1, 0.15) is 12.7 Å². The molecule has 92 valence electrons. The lowest BCUT2D eigenvalue weighted by Gasteiger charge is -2.24. The number of hydrogen-bond acceptors (Lipinski definition) is 3. The van der Waals surface area contributed by atoms with E-state index in [4.69, 9.17) is 10.2 Å². The molecule has 0 aliphatic carbocycles. The van der Waals surface area contributed by atoms with Gasteiger partial charge in [0, 0.05) is 0 Å². The predicted octanol–water partition coefficient (Wildman–Crippen LogP) is 0.596. The van der Waals surface area contributed by atoms with Gasteiger partial charge in [0.2, 0.25) is 0 Å². The van der Waals surface area contributed by atoms with E-state index < -0.39 is 44.4 Å². The Balaban J connectivity index is 4.04. The zero-order valence-corrected chi connectivity index (χ0v) is 7.60. The molecular formula is C7H11F5O3. The summed E-state index contributed by atoms with van der Waals surface area (Å²) in [5, 5.41) is 16.9. The molecule has 0 bridgehead atoms. The molecule has 15 heavy (non-hydrogen) atoms. The van der Waals surface area contributed by atoms with E-state index in [1.165, 1.54) is 0 Å². The molecule has 0 spiro atoms. The van der Waals surface area contributed by atoms with Crippen LogP contribution in [0.5, 0.6) is 0 Å². The Morgan fingerprint density at radius 2 is 1.67 bits per heavy atom. The van der Waals surface area contributed by atoms with E-state index in [2.05, 4.69) is 4.74 Å². The van der Waals surface area contributed by atoms with Crippen molar-refractivity contribution in [1.29, 1.82) is 0 Å². The van der Waals surface area contributed by atoms with Gasteiger partial charge in [-0.15, -0.1) is 0 Å². The van der Waals surface area contributed by atoms with Gasteiger partial charge in [-0.05, 0) is 0 Å². The van der Waals surface area contributed by atoms with Crippen LogP contribution in [0.4, 0.5) is 22.0 Å². The molecule has 0 aromatic heterocycles. The average Bonchev–Trinajstić information content (AvgIpc) is 2.16. The maximum atomic E-state index is 12.5. The third-order valence-corrected chi connectivity index (χ3v) is 1.51. The van der Waals surface area contributed by atoms with E-state index in [1.807, 2.05) is 0 Å². The molecule has 0 radical (unpaired) electrons. The molecule has 1 unspecified atom stereocenters. The molecule has 0 saturated heterocycles. The van der Waals surface area contributed by atoms with Gasteiger partial charge in [-0.25, -0.2) is 4.39 Å². The Morgan fingerprint density at radius 3 is 2.07 bits per heavy atom. The summed E-state index contributed by atoms with van der Waals surface area (Å²) in [5.41, 5.74) is 0. The SMILES string of the molecule is OCC(O)COCC(F)(F)C(F)(F)CF. The Hall–Kier alpha value is -0.470. The quantitative estimate of drug-likeness (QED) is 0.638. The maximum Gasteiger partial charge on any atom is 0.340 e. The van der Waals surface area contributed by atoms with Crippen molar-refractivity contribution in [2.75, 3.05) is 26.5 Å². The van der Waals surface area contributed by atoms with E-state index in [9.17, 15) is 22.0 Å². The van der Waals surface area contributed by atoms with Crippen LogP contribution in [0, 0.1) is 0 Å². The molecule has 0 fully saturated rings. The molecule has 2 N–H and O–H groups in total.